The highest BCUT2D eigenvalue weighted by Crippen LogP contribution is 2.41. The molecule has 1 N–H and O–H groups in total. The summed E-state index contributed by atoms with van der Waals surface area (Å²) in [7, 11) is 0. The zero-order chi connectivity index (χ0) is 20.3. The molecule has 148 valence electrons. The second-order valence-electron chi connectivity index (χ2n) is 8.08. The molecule has 0 radical (unpaired) electrons. The van der Waals surface area contributed by atoms with Gasteiger partial charge >= 0.3 is 0 Å². The molecule has 1 aliphatic heterocycles. The van der Waals surface area contributed by atoms with E-state index in [9.17, 15) is 4.39 Å². The van der Waals surface area contributed by atoms with Crippen molar-refractivity contribution in [3.63, 3.8) is 0 Å². The lowest BCUT2D eigenvalue weighted by Gasteiger charge is -2.31. The third kappa shape index (κ3) is 2.91. The number of pyridine rings is 2. The van der Waals surface area contributed by atoms with E-state index in [2.05, 4.69) is 20.2 Å². The Balaban J connectivity index is 1.84. The molecule has 0 aliphatic carbocycles. The van der Waals surface area contributed by atoms with Crippen LogP contribution in [0.4, 0.5) is 4.39 Å². The van der Waals surface area contributed by atoms with Gasteiger partial charge in [-0.15, -0.1) is 0 Å². The van der Waals surface area contributed by atoms with Crippen molar-refractivity contribution in [1.82, 2.24) is 29.9 Å². The smallest absolute Gasteiger partial charge is 0.156 e. The Morgan fingerprint density at radius 1 is 1.24 bits per heavy atom. The van der Waals surface area contributed by atoms with Crippen LogP contribution in [0.2, 0.25) is 0 Å². The summed E-state index contributed by atoms with van der Waals surface area (Å²) in [6.07, 6.45) is 1.22. The standard InChI is InChI=1S/C21H21FN6O/c1-11-7-14(17-12(2)25-26-20(17)24-11)18-16-9-29-21(3,4)10-28(16)27-19(18)15-6-5-13(22)8-23-15/h5-8H,9-10H2,1-4H3,(H,24,25,26). The fourth-order valence-electron chi connectivity index (χ4n) is 3.93. The first-order valence-electron chi connectivity index (χ1n) is 9.51. The molecule has 0 atom stereocenters. The van der Waals surface area contributed by atoms with Crippen molar-refractivity contribution in [2.75, 3.05) is 0 Å². The molecule has 1 aliphatic rings. The molecule has 0 saturated carbocycles. The maximum absolute atomic E-state index is 13.5. The number of ether oxygens (including phenoxy) is 1. The highest BCUT2D eigenvalue weighted by molar-refractivity contribution is 5.99. The second kappa shape index (κ2) is 6.18. The molecule has 0 bridgehead atoms. The molecular weight excluding hydrogens is 371 g/mol. The van der Waals surface area contributed by atoms with Crippen molar-refractivity contribution in [1.29, 1.82) is 0 Å². The molecule has 0 aromatic carbocycles. The van der Waals surface area contributed by atoms with Crippen molar-refractivity contribution < 1.29 is 9.13 Å². The van der Waals surface area contributed by atoms with Crippen LogP contribution >= 0.6 is 0 Å². The lowest BCUT2D eigenvalue weighted by atomic mass is 9.96. The number of H-pyrrole nitrogens is 1. The summed E-state index contributed by atoms with van der Waals surface area (Å²) >= 11 is 0. The van der Waals surface area contributed by atoms with Gasteiger partial charge in [0, 0.05) is 22.2 Å². The molecule has 0 saturated heterocycles. The SMILES string of the molecule is Cc1cc(-c2c(-c3ccc(F)cn3)nn3c2COC(C)(C)C3)c2c(C)n[nH]c2n1. The van der Waals surface area contributed by atoms with Crippen LogP contribution in [-0.2, 0) is 17.9 Å². The van der Waals surface area contributed by atoms with E-state index >= 15 is 0 Å². The molecule has 7 nitrogen and oxygen atoms in total. The number of hydrogen-bond donors (Lipinski definition) is 1. The van der Waals surface area contributed by atoms with Gasteiger partial charge in [0.1, 0.15) is 11.5 Å². The van der Waals surface area contributed by atoms with Crippen LogP contribution < -0.4 is 0 Å². The van der Waals surface area contributed by atoms with E-state index in [1.165, 1.54) is 12.3 Å². The molecule has 0 spiro atoms. The van der Waals surface area contributed by atoms with E-state index in [4.69, 9.17) is 9.84 Å². The topological polar surface area (TPSA) is 81.5 Å². The predicted octanol–water partition coefficient (Wildman–Crippen LogP) is 3.95. The van der Waals surface area contributed by atoms with Gasteiger partial charge in [-0.05, 0) is 45.9 Å². The number of aromatic amines is 1. The third-order valence-corrected chi connectivity index (χ3v) is 5.27. The van der Waals surface area contributed by atoms with E-state index in [1.54, 1.807) is 6.07 Å². The molecule has 5 rings (SSSR count). The van der Waals surface area contributed by atoms with Crippen molar-refractivity contribution in [2.45, 2.75) is 46.4 Å². The van der Waals surface area contributed by atoms with Gasteiger partial charge in [0.15, 0.2) is 5.65 Å². The Bertz CT molecular complexity index is 1240. The second-order valence-corrected chi connectivity index (χ2v) is 8.08. The van der Waals surface area contributed by atoms with Gasteiger partial charge in [-0.1, -0.05) is 0 Å². The number of aromatic nitrogens is 6. The van der Waals surface area contributed by atoms with Gasteiger partial charge in [0.25, 0.3) is 0 Å². The summed E-state index contributed by atoms with van der Waals surface area (Å²) in [6, 6.07) is 5.10. The largest absolute Gasteiger partial charge is 0.367 e. The first-order chi connectivity index (χ1) is 13.8. The molecule has 4 aromatic heterocycles. The van der Waals surface area contributed by atoms with Gasteiger partial charge in [0.05, 0.1) is 42.0 Å². The van der Waals surface area contributed by atoms with Crippen LogP contribution in [0.3, 0.4) is 0 Å². The van der Waals surface area contributed by atoms with E-state index in [0.29, 0.717) is 24.5 Å². The number of rotatable bonds is 2. The highest BCUT2D eigenvalue weighted by atomic mass is 19.1. The summed E-state index contributed by atoms with van der Waals surface area (Å²) in [6.45, 7) is 9.03. The number of nitrogens with zero attached hydrogens (tertiary/aromatic N) is 5. The van der Waals surface area contributed by atoms with Crippen molar-refractivity contribution in [2.24, 2.45) is 0 Å². The van der Waals surface area contributed by atoms with E-state index in [1.807, 2.05) is 38.4 Å². The summed E-state index contributed by atoms with van der Waals surface area (Å²) in [4.78, 5) is 8.87. The van der Waals surface area contributed by atoms with Crippen LogP contribution in [0.5, 0.6) is 0 Å². The normalized spacial score (nSPS) is 15.6. The Hall–Kier alpha value is -3.13. The average molecular weight is 392 g/mol. The summed E-state index contributed by atoms with van der Waals surface area (Å²) < 4.78 is 21.6. The minimum absolute atomic E-state index is 0.321. The number of hydrogen-bond acceptors (Lipinski definition) is 5. The molecule has 5 heterocycles. The lowest BCUT2D eigenvalue weighted by Crippen LogP contribution is -2.36. The number of aryl methyl sites for hydroxylation is 2. The van der Waals surface area contributed by atoms with Gasteiger partial charge in [-0.3, -0.25) is 14.8 Å². The van der Waals surface area contributed by atoms with Crippen LogP contribution in [-0.4, -0.2) is 35.5 Å². The summed E-state index contributed by atoms with van der Waals surface area (Å²) in [5, 5.41) is 13.2. The fraction of sp³-hybridized carbons (Fsp3) is 0.333. The molecular formula is C21H21FN6O. The molecule has 4 aromatic rings. The van der Waals surface area contributed by atoms with Crippen LogP contribution in [0.25, 0.3) is 33.5 Å². The molecule has 0 fully saturated rings. The Morgan fingerprint density at radius 3 is 2.83 bits per heavy atom. The summed E-state index contributed by atoms with van der Waals surface area (Å²) in [5.74, 6) is -0.378. The zero-order valence-corrected chi connectivity index (χ0v) is 16.7. The molecule has 0 amide bonds. The van der Waals surface area contributed by atoms with Crippen molar-refractivity contribution in [3.05, 3.63) is 47.3 Å². The maximum Gasteiger partial charge on any atom is 0.156 e. The van der Waals surface area contributed by atoms with Crippen LogP contribution in [0, 0.1) is 19.7 Å². The van der Waals surface area contributed by atoms with Gasteiger partial charge in [-0.25, -0.2) is 9.37 Å². The number of fused-ring (bicyclic) bond motifs is 2. The Labute approximate surface area is 166 Å². The first-order valence-corrected chi connectivity index (χ1v) is 9.51. The highest BCUT2D eigenvalue weighted by Gasteiger charge is 2.32. The first kappa shape index (κ1) is 17.9. The van der Waals surface area contributed by atoms with Crippen molar-refractivity contribution in [3.8, 4) is 22.5 Å². The van der Waals surface area contributed by atoms with Crippen molar-refractivity contribution >= 4 is 11.0 Å². The lowest BCUT2D eigenvalue weighted by molar-refractivity contribution is -0.0657. The fourth-order valence-corrected chi connectivity index (χ4v) is 3.93. The van der Waals surface area contributed by atoms with Gasteiger partial charge < -0.3 is 4.74 Å². The Kier molecular flexibility index (Phi) is 3.82. The van der Waals surface area contributed by atoms with E-state index in [0.717, 1.165) is 39.2 Å². The quantitative estimate of drug-likeness (QED) is 0.559. The van der Waals surface area contributed by atoms with Gasteiger partial charge in [-0.2, -0.15) is 10.2 Å². The maximum atomic E-state index is 13.5. The summed E-state index contributed by atoms with van der Waals surface area (Å²) in [5.41, 5.74) is 6.33. The molecule has 29 heavy (non-hydrogen) atoms. The molecule has 8 heteroatoms. The minimum atomic E-state index is -0.378. The monoisotopic (exact) mass is 392 g/mol. The Morgan fingerprint density at radius 2 is 2.07 bits per heavy atom. The number of halogens is 1. The predicted molar refractivity (Wildman–Crippen MR) is 107 cm³/mol. The minimum Gasteiger partial charge on any atom is -0.367 e. The van der Waals surface area contributed by atoms with E-state index in [-0.39, 0.29) is 11.4 Å². The van der Waals surface area contributed by atoms with Crippen LogP contribution in [0.15, 0.2) is 24.4 Å². The third-order valence-electron chi connectivity index (χ3n) is 5.27. The zero-order valence-electron chi connectivity index (χ0n) is 16.7. The molecule has 0 unspecified atom stereocenters. The van der Waals surface area contributed by atoms with Gasteiger partial charge in [0.2, 0.25) is 0 Å². The van der Waals surface area contributed by atoms with E-state index < -0.39 is 0 Å². The van der Waals surface area contributed by atoms with Crippen LogP contribution in [0.1, 0.15) is 30.9 Å². The number of nitrogens with one attached hydrogen (secondary N) is 1. The average Bonchev–Trinajstić information content (AvgIpc) is 3.21.